The summed E-state index contributed by atoms with van der Waals surface area (Å²) in [6, 6.07) is 20.7. The number of benzene rings is 3. The van der Waals surface area contributed by atoms with E-state index in [9.17, 15) is 22.8 Å². The van der Waals surface area contributed by atoms with Gasteiger partial charge >= 0.3 is 5.97 Å². The van der Waals surface area contributed by atoms with Crippen LogP contribution in [0.4, 0.5) is 5.69 Å². The fourth-order valence-corrected chi connectivity index (χ4v) is 7.43. The van der Waals surface area contributed by atoms with Crippen LogP contribution in [0.1, 0.15) is 70.4 Å². The second-order valence-corrected chi connectivity index (χ2v) is 14.2. The molecule has 0 bridgehead atoms. The number of ether oxygens (including phenoxy) is 1. The minimum atomic E-state index is -3.97. The third-order valence-corrected chi connectivity index (χ3v) is 10.2. The first-order chi connectivity index (χ1) is 20.6. The number of hydrogen-bond donors (Lipinski definition) is 1. The summed E-state index contributed by atoms with van der Waals surface area (Å²) >= 11 is 1.49. The minimum Gasteiger partial charge on any atom is -0.465 e. The van der Waals surface area contributed by atoms with Gasteiger partial charge in [0.05, 0.1) is 23.1 Å². The Bertz CT molecular complexity index is 1780. The largest absolute Gasteiger partial charge is 0.465 e. The maximum absolute atomic E-state index is 13.6. The first-order valence-corrected chi connectivity index (χ1v) is 17.0. The lowest BCUT2D eigenvalue weighted by Gasteiger charge is -2.13. The normalized spacial score (nSPS) is 12.8. The smallest absolute Gasteiger partial charge is 0.337 e. The van der Waals surface area contributed by atoms with E-state index in [0.717, 1.165) is 60.1 Å². The van der Waals surface area contributed by atoms with Gasteiger partial charge in [0, 0.05) is 38.1 Å². The molecular formula is C33H30ClNO6S2. The topological polar surface area (TPSA) is 107 Å². The van der Waals surface area contributed by atoms with Gasteiger partial charge in [-0.2, -0.15) is 0 Å². The Labute approximate surface area is 259 Å². The van der Waals surface area contributed by atoms with Crippen LogP contribution in [-0.4, -0.2) is 33.2 Å². The van der Waals surface area contributed by atoms with Crippen LogP contribution in [-0.2, 0) is 45.9 Å². The van der Waals surface area contributed by atoms with Gasteiger partial charge in [0.1, 0.15) is 0 Å². The van der Waals surface area contributed by atoms with Gasteiger partial charge in [-0.3, -0.25) is 9.59 Å². The van der Waals surface area contributed by atoms with Crippen LogP contribution in [0.15, 0.2) is 77.7 Å². The summed E-state index contributed by atoms with van der Waals surface area (Å²) in [5, 5.41) is 3.02. The number of amides is 1. The van der Waals surface area contributed by atoms with Crippen LogP contribution in [0.3, 0.4) is 0 Å². The van der Waals surface area contributed by atoms with Crippen LogP contribution in [0.2, 0.25) is 0 Å². The quantitative estimate of drug-likeness (QED) is 0.117. The van der Waals surface area contributed by atoms with E-state index in [1.807, 2.05) is 36.4 Å². The van der Waals surface area contributed by atoms with Gasteiger partial charge in [0.25, 0.3) is 15.0 Å². The van der Waals surface area contributed by atoms with Gasteiger partial charge in [0.15, 0.2) is 5.78 Å². The molecule has 0 fully saturated rings. The molecule has 43 heavy (non-hydrogen) atoms. The van der Waals surface area contributed by atoms with Gasteiger partial charge in [-0.1, -0.05) is 36.4 Å². The van der Waals surface area contributed by atoms with Gasteiger partial charge in [-0.15, -0.1) is 11.3 Å². The Morgan fingerprint density at radius 3 is 2.19 bits per heavy atom. The summed E-state index contributed by atoms with van der Waals surface area (Å²) in [5.41, 5.74) is 5.17. The van der Waals surface area contributed by atoms with E-state index in [1.54, 1.807) is 18.2 Å². The van der Waals surface area contributed by atoms with Crippen LogP contribution in [0.5, 0.6) is 0 Å². The van der Waals surface area contributed by atoms with Crippen LogP contribution >= 0.6 is 22.0 Å². The second-order valence-electron chi connectivity index (χ2n) is 10.4. The molecule has 1 amide bonds. The highest BCUT2D eigenvalue weighted by atomic mass is 35.7. The summed E-state index contributed by atoms with van der Waals surface area (Å²) in [5.74, 6) is -0.891. The third-order valence-electron chi connectivity index (χ3n) is 7.52. The monoisotopic (exact) mass is 635 g/mol. The first kappa shape index (κ1) is 30.7. The zero-order valence-corrected chi connectivity index (χ0v) is 25.9. The summed E-state index contributed by atoms with van der Waals surface area (Å²) < 4.78 is 28.3. The molecule has 1 aromatic heterocycles. The van der Waals surface area contributed by atoms with Crippen molar-refractivity contribution in [1.29, 1.82) is 0 Å². The Kier molecular flexibility index (Phi) is 9.44. The van der Waals surface area contributed by atoms with Crippen LogP contribution in [0, 0.1) is 0 Å². The number of nitrogens with one attached hydrogen (secondary N) is 1. The van der Waals surface area contributed by atoms with Gasteiger partial charge < -0.3 is 10.1 Å². The van der Waals surface area contributed by atoms with Crippen molar-refractivity contribution in [3.8, 4) is 0 Å². The molecule has 1 heterocycles. The molecule has 5 rings (SSSR count). The molecule has 0 saturated heterocycles. The van der Waals surface area contributed by atoms with E-state index in [4.69, 9.17) is 15.4 Å². The molecule has 3 aromatic carbocycles. The number of aryl methyl sites for hydroxylation is 3. The molecule has 222 valence electrons. The van der Waals surface area contributed by atoms with Crippen molar-refractivity contribution >= 4 is 54.4 Å². The van der Waals surface area contributed by atoms with Gasteiger partial charge in [-0.25, -0.2) is 13.2 Å². The average molecular weight is 636 g/mol. The highest BCUT2D eigenvalue weighted by Crippen LogP contribution is 2.36. The molecule has 7 nitrogen and oxygen atoms in total. The minimum absolute atomic E-state index is 0.00818. The number of ketones is 1. The SMILES string of the molecule is COC(=O)c1ccc(CCc2ccc(NC(=O)c3c(CC(=O)c4cccc(S(=O)(=O)Cl)c4)sc4c3CCCC4)cc2)cc1. The Morgan fingerprint density at radius 2 is 1.53 bits per heavy atom. The lowest BCUT2D eigenvalue weighted by Crippen LogP contribution is -2.17. The van der Waals surface area contributed by atoms with Crippen molar-refractivity contribution in [2.45, 2.75) is 49.8 Å². The standard InChI is InChI=1S/C33H30ClNO6S2/c1-41-33(38)23-15-11-21(12-16-23)9-10-22-13-17-25(18-14-22)35-32(37)31-27-7-2-3-8-29(27)42-30(31)20-28(36)24-5-4-6-26(19-24)43(34,39)40/h4-6,11-19H,2-3,7-10,20H2,1H3,(H,35,37). The molecule has 1 N–H and O–H groups in total. The molecule has 0 saturated carbocycles. The zero-order valence-electron chi connectivity index (χ0n) is 23.5. The van der Waals surface area contributed by atoms with Gasteiger partial charge in [0.2, 0.25) is 0 Å². The molecule has 4 aromatic rings. The van der Waals surface area contributed by atoms with Crippen molar-refractivity contribution in [3.63, 3.8) is 0 Å². The number of thiophene rings is 1. The maximum Gasteiger partial charge on any atom is 0.337 e. The van der Waals surface area contributed by atoms with E-state index < -0.39 is 9.05 Å². The lowest BCUT2D eigenvalue weighted by molar-refractivity contribution is 0.0600. The lowest BCUT2D eigenvalue weighted by atomic mass is 9.93. The number of fused-ring (bicyclic) bond motifs is 1. The van der Waals surface area contributed by atoms with E-state index in [-0.39, 0.29) is 34.5 Å². The number of halogens is 1. The molecule has 0 spiro atoms. The fourth-order valence-electron chi connectivity index (χ4n) is 5.24. The average Bonchev–Trinajstić information content (AvgIpc) is 3.38. The maximum atomic E-state index is 13.6. The summed E-state index contributed by atoms with van der Waals surface area (Å²) in [7, 11) is 2.86. The van der Waals surface area contributed by atoms with E-state index in [2.05, 4.69) is 5.32 Å². The van der Waals surface area contributed by atoms with E-state index in [0.29, 0.717) is 21.7 Å². The zero-order chi connectivity index (χ0) is 30.6. The number of hydrogen-bond acceptors (Lipinski definition) is 7. The van der Waals surface area contributed by atoms with Gasteiger partial charge in [-0.05, 0) is 91.6 Å². The van der Waals surface area contributed by atoms with Crippen LogP contribution < -0.4 is 5.32 Å². The highest BCUT2D eigenvalue weighted by Gasteiger charge is 2.27. The summed E-state index contributed by atoms with van der Waals surface area (Å²) in [4.78, 5) is 40.2. The molecule has 10 heteroatoms. The van der Waals surface area contributed by atoms with Crippen molar-refractivity contribution in [2.75, 3.05) is 12.4 Å². The molecule has 1 aliphatic carbocycles. The Hall–Kier alpha value is -3.79. The number of carbonyl (C=O) groups is 3. The number of Topliss-reactive ketones (excluding diaryl/α,β-unsaturated/α-hetero) is 1. The molecule has 0 aliphatic heterocycles. The van der Waals surface area contributed by atoms with Crippen molar-refractivity contribution in [2.24, 2.45) is 0 Å². The highest BCUT2D eigenvalue weighted by molar-refractivity contribution is 8.13. The second kappa shape index (κ2) is 13.2. The third kappa shape index (κ3) is 7.41. The fraction of sp³-hybridized carbons (Fsp3) is 0.242. The van der Waals surface area contributed by atoms with E-state index in [1.165, 1.54) is 36.6 Å². The Balaban J connectivity index is 1.28. The van der Waals surface area contributed by atoms with E-state index >= 15 is 0 Å². The van der Waals surface area contributed by atoms with Crippen LogP contribution in [0.25, 0.3) is 0 Å². The van der Waals surface area contributed by atoms with Crippen molar-refractivity contribution in [1.82, 2.24) is 0 Å². The molecular weight excluding hydrogens is 606 g/mol. The molecule has 1 aliphatic rings. The number of methoxy groups -OCH3 is 1. The van der Waals surface area contributed by atoms with Crippen molar-refractivity contribution in [3.05, 3.63) is 116 Å². The molecule has 0 unspecified atom stereocenters. The predicted octanol–water partition coefficient (Wildman–Crippen LogP) is 6.80. The summed E-state index contributed by atoms with van der Waals surface area (Å²) in [6.07, 6.45) is 5.25. The number of anilines is 1. The molecule has 0 atom stereocenters. The number of rotatable bonds is 10. The first-order valence-electron chi connectivity index (χ1n) is 13.9. The molecule has 0 radical (unpaired) electrons. The Morgan fingerprint density at radius 1 is 0.884 bits per heavy atom. The van der Waals surface area contributed by atoms with Crippen molar-refractivity contribution < 1.29 is 27.5 Å². The number of esters is 1. The predicted molar refractivity (Wildman–Crippen MR) is 168 cm³/mol. The summed E-state index contributed by atoms with van der Waals surface area (Å²) in [6.45, 7) is 0. The number of carbonyl (C=O) groups excluding carboxylic acids is 3.